The summed E-state index contributed by atoms with van der Waals surface area (Å²) in [5.74, 6) is 1.38. The number of amides is 1. The average molecular weight is 274 g/mol. The molecule has 0 radical (unpaired) electrons. The lowest BCUT2D eigenvalue weighted by molar-refractivity contribution is 0.0682. The summed E-state index contributed by atoms with van der Waals surface area (Å²) in [6, 6.07) is 5.34. The van der Waals surface area contributed by atoms with Crippen LogP contribution in [0.5, 0.6) is 0 Å². The molecule has 2 aromatic heterocycles. The van der Waals surface area contributed by atoms with E-state index in [0.717, 1.165) is 30.8 Å². The maximum atomic E-state index is 12.4. The van der Waals surface area contributed by atoms with E-state index in [1.807, 2.05) is 11.0 Å². The third-order valence-electron chi connectivity index (χ3n) is 3.71. The van der Waals surface area contributed by atoms with Crippen LogP contribution in [-0.4, -0.2) is 22.5 Å². The Labute approximate surface area is 117 Å². The topological polar surface area (TPSA) is 59.5 Å². The fourth-order valence-corrected chi connectivity index (χ4v) is 2.58. The Hall–Kier alpha value is -2.04. The molecule has 3 heterocycles. The van der Waals surface area contributed by atoms with Crippen molar-refractivity contribution < 1.29 is 13.7 Å². The van der Waals surface area contributed by atoms with Gasteiger partial charge in [0.1, 0.15) is 0 Å². The van der Waals surface area contributed by atoms with E-state index < -0.39 is 0 Å². The van der Waals surface area contributed by atoms with Crippen LogP contribution in [0.3, 0.4) is 0 Å². The summed E-state index contributed by atoms with van der Waals surface area (Å²) in [5.41, 5.74) is 0.928. The minimum absolute atomic E-state index is 0.0346. The van der Waals surface area contributed by atoms with Gasteiger partial charge in [-0.05, 0) is 30.9 Å². The molecule has 0 unspecified atom stereocenters. The zero-order valence-corrected chi connectivity index (χ0v) is 11.7. The minimum atomic E-state index is -0.0833. The van der Waals surface area contributed by atoms with Crippen LogP contribution in [0.25, 0.3) is 0 Å². The Morgan fingerprint density at radius 1 is 1.50 bits per heavy atom. The van der Waals surface area contributed by atoms with Gasteiger partial charge in [-0.2, -0.15) is 0 Å². The molecule has 2 aromatic rings. The van der Waals surface area contributed by atoms with Crippen molar-refractivity contribution in [1.82, 2.24) is 10.1 Å². The number of nitrogens with zero attached hydrogens (tertiary/aromatic N) is 2. The molecule has 3 rings (SSSR count). The van der Waals surface area contributed by atoms with E-state index in [-0.39, 0.29) is 11.9 Å². The number of carbonyl (C=O) groups is 1. The second-order valence-corrected chi connectivity index (χ2v) is 5.44. The Morgan fingerprint density at radius 2 is 2.35 bits per heavy atom. The van der Waals surface area contributed by atoms with Gasteiger partial charge in [0.15, 0.2) is 11.5 Å². The van der Waals surface area contributed by atoms with Crippen LogP contribution in [-0.2, 0) is 0 Å². The van der Waals surface area contributed by atoms with Crippen molar-refractivity contribution >= 4 is 5.91 Å². The zero-order valence-electron chi connectivity index (χ0n) is 11.7. The molecule has 1 aliphatic heterocycles. The van der Waals surface area contributed by atoms with Crippen LogP contribution in [0.4, 0.5) is 0 Å². The first-order valence-electron chi connectivity index (χ1n) is 6.98. The first-order valence-corrected chi connectivity index (χ1v) is 6.98. The second kappa shape index (κ2) is 5.15. The monoisotopic (exact) mass is 274 g/mol. The van der Waals surface area contributed by atoms with Crippen molar-refractivity contribution in [1.29, 1.82) is 0 Å². The van der Waals surface area contributed by atoms with Gasteiger partial charge in [0.2, 0.25) is 0 Å². The molecule has 0 aromatic carbocycles. The molecule has 1 aliphatic rings. The highest BCUT2D eigenvalue weighted by atomic mass is 16.5. The van der Waals surface area contributed by atoms with E-state index in [1.54, 1.807) is 12.1 Å². The van der Waals surface area contributed by atoms with Crippen LogP contribution < -0.4 is 0 Å². The molecular formula is C15H18N2O3. The van der Waals surface area contributed by atoms with Crippen LogP contribution in [0.1, 0.15) is 60.7 Å². The molecule has 1 amide bonds. The Kier molecular flexibility index (Phi) is 3.34. The smallest absolute Gasteiger partial charge is 0.290 e. The quantitative estimate of drug-likeness (QED) is 0.861. The zero-order chi connectivity index (χ0) is 14.1. The Balaban J connectivity index is 1.83. The summed E-state index contributed by atoms with van der Waals surface area (Å²) in [4.78, 5) is 14.2. The van der Waals surface area contributed by atoms with Crippen molar-refractivity contribution in [3.63, 3.8) is 0 Å². The third kappa shape index (κ3) is 2.24. The maximum absolute atomic E-state index is 12.4. The predicted octanol–water partition coefficient (Wildman–Crippen LogP) is 3.37. The van der Waals surface area contributed by atoms with Crippen molar-refractivity contribution in [2.45, 2.75) is 38.6 Å². The average Bonchev–Trinajstić information content (AvgIpc) is 3.17. The molecule has 5 heteroatoms. The molecule has 0 bridgehead atoms. The van der Waals surface area contributed by atoms with Crippen LogP contribution in [0, 0.1) is 0 Å². The van der Waals surface area contributed by atoms with E-state index in [4.69, 9.17) is 8.94 Å². The van der Waals surface area contributed by atoms with Gasteiger partial charge in [-0.3, -0.25) is 4.79 Å². The standard InChI is InChI=1S/C15H18N2O3/c1-10(2)11-9-14(20-16-11)12-5-3-7-17(12)15(18)13-6-4-8-19-13/h4,6,8-10,12H,3,5,7H2,1-2H3/t12-/m1/s1. The van der Waals surface area contributed by atoms with Crippen molar-refractivity contribution in [3.05, 3.63) is 41.7 Å². The van der Waals surface area contributed by atoms with Crippen molar-refractivity contribution in [3.8, 4) is 0 Å². The molecule has 1 saturated heterocycles. The number of likely N-dealkylation sites (tertiary alicyclic amines) is 1. The minimum Gasteiger partial charge on any atom is -0.459 e. The van der Waals surface area contributed by atoms with E-state index in [2.05, 4.69) is 19.0 Å². The summed E-state index contributed by atoms with van der Waals surface area (Å²) in [6.07, 6.45) is 3.39. The van der Waals surface area contributed by atoms with Gasteiger partial charge in [0.05, 0.1) is 18.0 Å². The highest BCUT2D eigenvalue weighted by Gasteiger charge is 2.34. The van der Waals surface area contributed by atoms with Crippen LogP contribution in [0.2, 0.25) is 0 Å². The molecule has 106 valence electrons. The fraction of sp³-hybridized carbons (Fsp3) is 0.467. The number of rotatable bonds is 3. The number of hydrogen-bond donors (Lipinski definition) is 0. The molecule has 5 nitrogen and oxygen atoms in total. The van der Waals surface area contributed by atoms with Gasteiger partial charge in [-0.15, -0.1) is 0 Å². The lowest BCUT2D eigenvalue weighted by Gasteiger charge is -2.21. The van der Waals surface area contributed by atoms with Gasteiger partial charge in [0.25, 0.3) is 5.91 Å². The number of aromatic nitrogens is 1. The van der Waals surface area contributed by atoms with Crippen molar-refractivity contribution in [2.75, 3.05) is 6.54 Å². The van der Waals surface area contributed by atoms with E-state index in [1.165, 1.54) is 6.26 Å². The summed E-state index contributed by atoms with van der Waals surface area (Å²) >= 11 is 0. The summed E-state index contributed by atoms with van der Waals surface area (Å²) < 4.78 is 10.6. The van der Waals surface area contributed by atoms with E-state index in [9.17, 15) is 4.79 Å². The van der Waals surface area contributed by atoms with Gasteiger partial charge in [0, 0.05) is 12.6 Å². The van der Waals surface area contributed by atoms with Gasteiger partial charge in [-0.1, -0.05) is 19.0 Å². The highest BCUT2D eigenvalue weighted by molar-refractivity contribution is 5.91. The van der Waals surface area contributed by atoms with Gasteiger partial charge in [-0.25, -0.2) is 0 Å². The number of carbonyl (C=O) groups excluding carboxylic acids is 1. The summed E-state index contributed by atoms with van der Waals surface area (Å²) in [6.45, 7) is 4.87. The lowest BCUT2D eigenvalue weighted by Crippen LogP contribution is -2.30. The normalized spacial score (nSPS) is 18.9. The van der Waals surface area contributed by atoms with Crippen LogP contribution in [0.15, 0.2) is 33.4 Å². The van der Waals surface area contributed by atoms with Crippen LogP contribution >= 0.6 is 0 Å². The fourth-order valence-electron chi connectivity index (χ4n) is 2.58. The highest BCUT2D eigenvalue weighted by Crippen LogP contribution is 2.34. The summed E-state index contributed by atoms with van der Waals surface area (Å²) in [5, 5.41) is 4.08. The second-order valence-electron chi connectivity index (χ2n) is 5.44. The first-order chi connectivity index (χ1) is 9.66. The van der Waals surface area contributed by atoms with E-state index in [0.29, 0.717) is 11.7 Å². The summed E-state index contributed by atoms with van der Waals surface area (Å²) in [7, 11) is 0. The maximum Gasteiger partial charge on any atom is 0.290 e. The Bertz CT molecular complexity index is 586. The largest absolute Gasteiger partial charge is 0.459 e. The molecule has 1 fully saturated rings. The molecular weight excluding hydrogens is 256 g/mol. The van der Waals surface area contributed by atoms with Gasteiger partial charge >= 0.3 is 0 Å². The van der Waals surface area contributed by atoms with Gasteiger partial charge < -0.3 is 13.8 Å². The number of furan rings is 1. The predicted molar refractivity (Wildman–Crippen MR) is 72.3 cm³/mol. The number of hydrogen-bond acceptors (Lipinski definition) is 4. The van der Waals surface area contributed by atoms with E-state index >= 15 is 0 Å². The third-order valence-corrected chi connectivity index (χ3v) is 3.71. The molecule has 0 aliphatic carbocycles. The lowest BCUT2D eigenvalue weighted by atomic mass is 10.1. The Morgan fingerprint density at radius 3 is 3.00 bits per heavy atom. The molecule has 0 saturated carbocycles. The van der Waals surface area contributed by atoms with Crippen molar-refractivity contribution in [2.24, 2.45) is 0 Å². The molecule has 0 N–H and O–H groups in total. The molecule has 20 heavy (non-hydrogen) atoms. The SMILES string of the molecule is CC(C)c1cc([C@H]2CCCN2C(=O)c2ccco2)on1. The first kappa shape index (κ1) is 13.0. The molecule has 0 spiro atoms. The molecule has 1 atom stereocenters.